The molecule has 5 heteroatoms. The molecule has 3 nitrogen and oxygen atoms in total. The number of benzene rings is 2. The van der Waals surface area contributed by atoms with Gasteiger partial charge in [-0.15, -0.1) is 0 Å². The molecule has 0 spiro atoms. The Balaban J connectivity index is 1.56. The fraction of sp³-hybridized carbons (Fsp3) is 0.409. The summed E-state index contributed by atoms with van der Waals surface area (Å²) in [5.41, 5.74) is 4.73. The Morgan fingerprint density at radius 2 is 1.81 bits per heavy atom. The second kappa shape index (κ2) is 9.07. The van der Waals surface area contributed by atoms with Crippen molar-refractivity contribution < 1.29 is 0 Å². The number of piperidine rings is 1. The second-order valence-electron chi connectivity index (χ2n) is 7.55. The van der Waals surface area contributed by atoms with Gasteiger partial charge in [-0.2, -0.15) is 0 Å². The van der Waals surface area contributed by atoms with Gasteiger partial charge in [-0.05, 0) is 86.3 Å². The lowest BCUT2D eigenvalue weighted by Gasteiger charge is -2.32. The van der Waals surface area contributed by atoms with Crippen molar-refractivity contribution in [1.82, 2.24) is 5.32 Å². The maximum atomic E-state index is 5.49. The van der Waals surface area contributed by atoms with E-state index in [2.05, 4.69) is 82.6 Å². The van der Waals surface area contributed by atoms with Crippen molar-refractivity contribution in [3.05, 3.63) is 58.1 Å². The molecule has 0 aliphatic carbocycles. The standard InChI is InChI=1S/C22H28BrN3S/c1-15-10-12-26(13-11-15)20-7-4-18(5-8-20)17(3)24-22(27)25-19-6-9-21(23)16(2)14-19/h4-9,14-15,17H,10-13H2,1-3H3,(H2,24,25,27)/t17-/m1/s1. The number of nitrogens with one attached hydrogen (secondary N) is 2. The average molecular weight is 446 g/mol. The Bertz CT molecular complexity index is 783. The zero-order valence-corrected chi connectivity index (χ0v) is 18.7. The monoisotopic (exact) mass is 445 g/mol. The first-order chi connectivity index (χ1) is 12.9. The molecule has 3 rings (SSSR count). The normalized spacial score (nSPS) is 16.1. The number of hydrogen-bond acceptors (Lipinski definition) is 2. The topological polar surface area (TPSA) is 27.3 Å². The largest absolute Gasteiger partial charge is 0.372 e. The van der Waals surface area contributed by atoms with E-state index in [1.807, 2.05) is 12.1 Å². The van der Waals surface area contributed by atoms with Gasteiger partial charge in [0.1, 0.15) is 0 Å². The highest BCUT2D eigenvalue weighted by molar-refractivity contribution is 9.10. The summed E-state index contributed by atoms with van der Waals surface area (Å²) >= 11 is 9.01. The maximum Gasteiger partial charge on any atom is 0.171 e. The summed E-state index contributed by atoms with van der Waals surface area (Å²) in [5.74, 6) is 0.854. The smallest absolute Gasteiger partial charge is 0.171 e. The molecule has 2 N–H and O–H groups in total. The molecular formula is C22H28BrN3S. The lowest BCUT2D eigenvalue weighted by atomic mass is 9.98. The van der Waals surface area contributed by atoms with Gasteiger partial charge >= 0.3 is 0 Å². The molecule has 0 saturated carbocycles. The van der Waals surface area contributed by atoms with Gasteiger partial charge in [-0.3, -0.25) is 0 Å². The van der Waals surface area contributed by atoms with Crippen LogP contribution >= 0.6 is 28.1 Å². The van der Waals surface area contributed by atoms with Crippen LogP contribution in [0.2, 0.25) is 0 Å². The molecule has 2 aromatic rings. The molecule has 1 fully saturated rings. The van der Waals surface area contributed by atoms with Crippen molar-refractivity contribution in [3.63, 3.8) is 0 Å². The van der Waals surface area contributed by atoms with E-state index in [1.54, 1.807) is 0 Å². The van der Waals surface area contributed by atoms with Gasteiger partial charge in [0, 0.05) is 28.9 Å². The van der Waals surface area contributed by atoms with Crippen molar-refractivity contribution in [3.8, 4) is 0 Å². The van der Waals surface area contributed by atoms with Crippen molar-refractivity contribution in [1.29, 1.82) is 0 Å². The molecule has 1 aliphatic heterocycles. The number of anilines is 2. The number of thiocarbonyl (C=S) groups is 1. The first kappa shape index (κ1) is 20.2. The van der Waals surface area contributed by atoms with E-state index in [-0.39, 0.29) is 6.04 Å². The highest BCUT2D eigenvalue weighted by Gasteiger charge is 2.16. The zero-order valence-electron chi connectivity index (χ0n) is 16.3. The van der Waals surface area contributed by atoms with Crippen LogP contribution in [0, 0.1) is 12.8 Å². The molecule has 2 aromatic carbocycles. The summed E-state index contributed by atoms with van der Waals surface area (Å²) in [6.07, 6.45) is 2.57. The summed E-state index contributed by atoms with van der Waals surface area (Å²) in [5, 5.41) is 7.28. The van der Waals surface area contributed by atoms with Crippen LogP contribution in [0.1, 0.15) is 43.9 Å². The van der Waals surface area contributed by atoms with Crippen molar-refractivity contribution in [2.24, 2.45) is 5.92 Å². The summed E-state index contributed by atoms with van der Waals surface area (Å²) in [7, 11) is 0. The number of nitrogens with zero attached hydrogens (tertiary/aromatic N) is 1. The van der Waals surface area contributed by atoms with Crippen LogP contribution in [0.25, 0.3) is 0 Å². The van der Waals surface area contributed by atoms with Crippen LogP contribution < -0.4 is 15.5 Å². The SMILES string of the molecule is Cc1cc(NC(=S)N[C@H](C)c2ccc(N3CCC(C)CC3)cc2)ccc1Br. The highest BCUT2D eigenvalue weighted by Crippen LogP contribution is 2.25. The zero-order chi connectivity index (χ0) is 19.4. The van der Waals surface area contributed by atoms with E-state index in [0.717, 1.165) is 29.2 Å². The minimum atomic E-state index is 0.150. The van der Waals surface area contributed by atoms with Crippen LogP contribution in [-0.4, -0.2) is 18.2 Å². The Hall–Kier alpha value is -1.59. The third-order valence-corrected chi connectivity index (χ3v) is 6.41. The quantitative estimate of drug-likeness (QED) is 0.560. The molecule has 1 atom stereocenters. The predicted octanol–water partition coefficient (Wildman–Crippen LogP) is 6.04. The van der Waals surface area contributed by atoms with Gasteiger partial charge < -0.3 is 15.5 Å². The van der Waals surface area contributed by atoms with Crippen LogP contribution in [-0.2, 0) is 0 Å². The Morgan fingerprint density at radius 1 is 1.15 bits per heavy atom. The van der Waals surface area contributed by atoms with Gasteiger partial charge in [-0.1, -0.05) is 35.0 Å². The Kier molecular flexibility index (Phi) is 6.77. The predicted molar refractivity (Wildman–Crippen MR) is 124 cm³/mol. The molecule has 1 saturated heterocycles. The van der Waals surface area contributed by atoms with E-state index in [9.17, 15) is 0 Å². The molecule has 0 radical (unpaired) electrons. The maximum absolute atomic E-state index is 5.49. The number of rotatable bonds is 4. The summed E-state index contributed by atoms with van der Waals surface area (Å²) in [6, 6.07) is 15.2. The van der Waals surface area contributed by atoms with Gasteiger partial charge in [-0.25, -0.2) is 0 Å². The number of aryl methyl sites for hydroxylation is 1. The molecule has 27 heavy (non-hydrogen) atoms. The average Bonchev–Trinajstić information content (AvgIpc) is 2.65. The minimum absolute atomic E-state index is 0.150. The van der Waals surface area contributed by atoms with E-state index in [4.69, 9.17) is 12.2 Å². The van der Waals surface area contributed by atoms with Gasteiger partial charge in [0.2, 0.25) is 0 Å². The van der Waals surface area contributed by atoms with Crippen molar-refractivity contribution in [2.45, 2.75) is 39.7 Å². The number of halogens is 1. The number of hydrogen-bond donors (Lipinski definition) is 2. The van der Waals surface area contributed by atoms with E-state index >= 15 is 0 Å². The summed E-state index contributed by atoms with van der Waals surface area (Å²) in [6.45, 7) is 8.88. The van der Waals surface area contributed by atoms with Crippen LogP contribution in [0.3, 0.4) is 0 Å². The third-order valence-electron chi connectivity index (χ3n) is 5.31. The molecule has 0 unspecified atom stereocenters. The van der Waals surface area contributed by atoms with Crippen LogP contribution in [0.15, 0.2) is 46.9 Å². The fourth-order valence-corrected chi connectivity index (χ4v) is 3.95. The molecular weight excluding hydrogens is 418 g/mol. The molecule has 1 heterocycles. The highest BCUT2D eigenvalue weighted by atomic mass is 79.9. The Labute approximate surface area is 176 Å². The summed E-state index contributed by atoms with van der Waals surface area (Å²) in [4.78, 5) is 2.49. The molecule has 0 bridgehead atoms. The lowest BCUT2D eigenvalue weighted by molar-refractivity contribution is 0.438. The Morgan fingerprint density at radius 3 is 2.44 bits per heavy atom. The molecule has 1 aliphatic rings. The third kappa shape index (κ3) is 5.45. The van der Waals surface area contributed by atoms with Gasteiger partial charge in [0.05, 0.1) is 6.04 Å². The fourth-order valence-electron chi connectivity index (χ4n) is 3.41. The molecule has 0 amide bonds. The van der Waals surface area contributed by atoms with E-state index in [0.29, 0.717) is 5.11 Å². The van der Waals surface area contributed by atoms with Crippen molar-refractivity contribution in [2.75, 3.05) is 23.3 Å². The summed E-state index contributed by atoms with van der Waals surface area (Å²) < 4.78 is 1.10. The lowest BCUT2D eigenvalue weighted by Crippen LogP contribution is -2.33. The van der Waals surface area contributed by atoms with E-state index < -0.39 is 0 Å². The van der Waals surface area contributed by atoms with Gasteiger partial charge in [0.15, 0.2) is 5.11 Å². The van der Waals surface area contributed by atoms with Gasteiger partial charge in [0.25, 0.3) is 0 Å². The second-order valence-corrected chi connectivity index (χ2v) is 8.81. The first-order valence-corrected chi connectivity index (χ1v) is 10.8. The van der Waals surface area contributed by atoms with Crippen LogP contribution in [0.5, 0.6) is 0 Å². The van der Waals surface area contributed by atoms with Crippen molar-refractivity contribution >= 4 is 44.6 Å². The molecule has 0 aromatic heterocycles. The van der Waals surface area contributed by atoms with E-state index in [1.165, 1.54) is 29.7 Å². The first-order valence-electron chi connectivity index (χ1n) is 9.61. The molecule has 144 valence electrons. The van der Waals surface area contributed by atoms with Crippen LogP contribution in [0.4, 0.5) is 11.4 Å². The minimum Gasteiger partial charge on any atom is -0.372 e.